The highest BCUT2D eigenvalue weighted by Crippen LogP contribution is 2.31. The molecule has 3 aromatic rings. The van der Waals surface area contributed by atoms with Gasteiger partial charge in [0.2, 0.25) is 0 Å². The fourth-order valence-corrected chi connectivity index (χ4v) is 4.97. The van der Waals surface area contributed by atoms with E-state index >= 15 is 0 Å². The van der Waals surface area contributed by atoms with Crippen LogP contribution < -0.4 is 0 Å². The first-order valence-electron chi connectivity index (χ1n) is 10.5. The molecule has 0 radical (unpaired) electrons. The lowest BCUT2D eigenvalue weighted by Gasteiger charge is -2.35. The van der Waals surface area contributed by atoms with E-state index in [9.17, 15) is 4.79 Å². The Balaban J connectivity index is 1.37. The Morgan fingerprint density at radius 2 is 2.07 bits per heavy atom. The van der Waals surface area contributed by atoms with E-state index in [4.69, 9.17) is 0 Å². The molecule has 3 aliphatic rings. The summed E-state index contributed by atoms with van der Waals surface area (Å²) in [4.78, 5) is 29.4. The van der Waals surface area contributed by atoms with Crippen LogP contribution in [0.25, 0.3) is 10.9 Å². The number of rotatable bonds is 3. The Morgan fingerprint density at radius 1 is 1.17 bits per heavy atom. The van der Waals surface area contributed by atoms with Crippen LogP contribution >= 0.6 is 0 Å². The lowest BCUT2D eigenvalue weighted by molar-refractivity contribution is 0.0729. The number of nitrogens with one attached hydrogen (secondary N) is 1. The van der Waals surface area contributed by atoms with Crippen molar-refractivity contribution in [2.24, 2.45) is 5.92 Å². The Morgan fingerprint density at radius 3 is 2.90 bits per heavy atom. The summed E-state index contributed by atoms with van der Waals surface area (Å²) in [7, 11) is 0. The number of H-pyrrole nitrogens is 1. The van der Waals surface area contributed by atoms with E-state index in [0.29, 0.717) is 17.7 Å². The Labute approximate surface area is 171 Å². The third-order valence-electron chi connectivity index (χ3n) is 6.57. The molecule has 0 saturated carbocycles. The molecule has 6 heteroatoms. The summed E-state index contributed by atoms with van der Waals surface area (Å²) >= 11 is 0. The van der Waals surface area contributed by atoms with Crippen LogP contribution in [-0.4, -0.2) is 56.3 Å². The molecule has 2 atom stereocenters. The Hall–Kier alpha value is -2.73. The van der Waals surface area contributed by atoms with E-state index in [2.05, 4.69) is 51.9 Å². The van der Waals surface area contributed by atoms with Crippen molar-refractivity contribution in [1.29, 1.82) is 0 Å². The number of carbonyl (C=O) groups is 1. The minimum absolute atomic E-state index is 0.00844. The van der Waals surface area contributed by atoms with Gasteiger partial charge in [-0.3, -0.25) is 14.7 Å². The zero-order chi connectivity index (χ0) is 20.0. The third-order valence-corrected chi connectivity index (χ3v) is 6.57. The quantitative estimate of drug-likeness (QED) is 0.746. The van der Waals surface area contributed by atoms with Crippen LogP contribution in [0.3, 0.4) is 0 Å². The predicted molar refractivity (Wildman–Crippen MR) is 113 cm³/mol. The van der Waals surface area contributed by atoms with Crippen LogP contribution in [0.4, 0.5) is 0 Å². The number of nitrogens with zero attached hydrogens (tertiary/aromatic N) is 4. The number of benzene rings is 1. The number of piperidine rings is 1. The molecule has 29 heavy (non-hydrogen) atoms. The second kappa shape index (κ2) is 7.26. The number of aromatic amines is 1. The summed E-state index contributed by atoms with van der Waals surface area (Å²) in [6, 6.07) is 6.99. The molecule has 5 heterocycles. The van der Waals surface area contributed by atoms with Crippen molar-refractivity contribution in [1.82, 2.24) is 24.8 Å². The van der Waals surface area contributed by atoms with Gasteiger partial charge in [0.25, 0.3) is 5.91 Å². The molecule has 0 aliphatic carbocycles. The van der Waals surface area contributed by atoms with E-state index in [-0.39, 0.29) is 5.91 Å². The molecule has 2 aromatic heterocycles. The van der Waals surface area contributed by atoms with Crippen molar-refractivity contribution in [2.45, 2.75) is 39.3 Å². The minimum atomic E-state index is 0.00844. The highest BCUT2D eigenvalue weighted by atomic mass is 16.2. The monoisotopic (exact) mass is 389 g/mol. The van der Waals surface area contributed by atoms with E-state index in [0.717, 1.165) is 32.6 Å². The van der Waals surface area contributed by atoms with Gasteiger partial charge < -0.3 is 9.88 Å². The SMILES string of the molecule is Cc1ccc2[nH]c(CN3C[C@H]4CC[C@@H]3CN(C(=O)c3cnccn3)C4)c(C)c2c1. The van der Waals surface area contributed by atoms with Crippen LogP contribution in [0.1, 0.15) is 40.2 Å². The van der Waals surface area contributed by atoms with Crippen molar-refractivity contribution in [3.8, 4) is 0 Å². The minimum Gasteiger partial charge on any atom is -0.357 e. The van der Waals surface area contributed by atoms with Crippen LogP contribution in [0.15, 0.2) is 36.8 Å². The number of carbonyl (C=O) groups excluding carboxylic acids is 1. The standard InChI is InChI=1S/C23H27N5O/c1-15-3-6-20-19(9-15)16(2)22(26-20)14-27-11-17-4-5-18(27)13-28(12-17)23(29)21-10-24-7-8-25-21/h3,6-10,17-18,26H,4-5,11-14H2,1-2H3/t17-,18-/m1/s1. The number of fused-ring (bicyclic) bond motifs is 5. The first-order chi connectivity index (χ1) is 14.1. The number of aryl methyl sites for hydroxylation is 2. The summed E-state index contributed by atoms with van der Waals surface area (Å²) in [5, 5.41) is 1.32. The lowest BCUT2D eigenvalue weighted by Crippen LogP contribution is -2.44. The van der Waals surface area contributed by atoms with Gasteiger partial charge in [-0.2, -0.15) is 0 Å². The Bertz CT molecular complexity index is 1040. The van der Waals surface area contributed by atoms with Gasteiger partial charge in [-0.1, -0.05) is 11.6 Å². The maximum Gasteiger partial charge on any atom is 0.274 e. The molecule has 1 amide bonds. The van der Waals surface area contributed by atoms with Crippen molar-refractivity contribution >= 4 is 16.8 Å². The summed E-state index contributed by atoms with van der Waals surface area (Å²) in [6.45, 7) is 7.89. The average molecular weight is 390 g/mol. The molecule has 3 fully saturated rings. The molecule has 1 aromatic carbocycles. The van der Waals surface area contributed by atoms with Crippen molar-refractivity contribution in [3.05, 3.63) is 59.3 Å². The van der Waals surface area contributed by atoms with E-state index < -0.39 is 0 Å². The summed E-state index contributed by atoms with van der Waals surface area (Å²) < 4.78 is 0. The molecule has 150 valence electrons. The average Bonchev–Trinajstić information content (AvgIpc) is 2.90. The molecule has 2 bridgehead atoms. The molecular formula is C23H27N5O. The van der Waals surface area contributed by atoms with Gasteiger partial charge in [0.1, 0.15) is 5.69 Å². The zero-order valence-corrected chi connectivity index (χ0v) is 17.1. The normalized spacial score (nSPS) is 22.2. The van der Waals surface area contributed by atoms with E-state index in [1.165, 1.54) is 34.1 Å². The molecular weight excluding hydrogens is 362 g/mol. The molecule has 3 aliphatic heterocycles. The van der Waals surface area contributed by atoms with Gasteiger partial charge in [-0.25, -0.2) is 4.98 Å². The van der Waals surface area contributed by atoms with Gasteiger partial charge in [0, 0.05) is 61.2 Å². The molecule has 6 rings (SSSR count). The number of hydrogen-bond donors (Lipinski definition) is 1. The smallest absolute Gasteiger partial charge is 0.274 e. The van der Waals surface area contributed by atoms with E-state index in [1.54, 1.807) is 18.6 Å². The number of hydrogen-bond acceptors (Lipinski definition) is 4. The molecule has 0 spiro atoms. The summed E-state index contributed by atoms with van der Waals surface area (Å²) in [5.41, 5.74) is 5.59. The third kappa shape index (κ3) is 3.42. The van der Waals surface area contributed by atoms with Gasteiger partial charge in [0.15, 0.2) is 0 Å². The Kier molecular flexibility index (Phi) is 4.59. The fraction of sp³-hybridized carbons (Fsp3) is 0.435. The van der Waals surface area contributed by atoms with Gasteiger partial charge in [-0.15, -0.1) is 0 Å². The van der Waals surface area contributed by atoms with Crippen molar-refractivity contribution in [3.63, 3.8) is 0 Å². The van der Waals surface area contributed by atoms with Gasteiger partial charge >= 0.3 is 0 Å². The number of aromatic nitrogens is 3. The molecule has 0 unspecified atom stereocenters. The van der Waals surface area contributed by atoms with Crippen molar-refractivity contribution in [2.75, 3.05) is 19.6 Å². The maximum absolute atomic E-state index is 12.9. The highest BCUT2D eigenvalue weighted by molar-refractivity contribution is 5.92. The zero-order valence-electron chi connectivity index (χ0n) is 17.1. The molecule has 3 saturated heterocycles. The molecule has 1 N–H and O–H groups in total. The first kappa shape index (κ1) is 18.3. The summed E-state index contributed by atoms with van der Waals surface area (Å²) in [6.07, 6.45) is 7.10. The second-order valence-corrected chi connectivity index (χ2v) is 8.61. The maximum atomic E-state index is 12.9. The fourth-order valence-electron chi connectivity index (χ4n) is 4.97. The van der Waals surface area contributed by atoms with Crippen LogP contribution in [0.5, 0.6) is 0 Å². The van der Waals surface area contributed by atoms with Gasteiger partial charge in [0.05, 0.1) is 6.20 Å². The lowest BCUT2D eigenvalue weighted by atomic mass is 9.94. The second-order valence-electron chi connectivity index (χ2n) is 8.61. The van der Waals surface area contributed by atoms with E-state index in [1.807, 2.05) is 4.90 Å². The summed E-state index contributed by atoms with van der Waals surface area (Å²) in [5.74, 6) is 0.524. The largest absolute Gasteiger partial charge is 0.357 e. The topological polar surface area (TPSA) is 65.1 Å². The van der Waals surface area contributed by atoms with Crippen LogP contribution in [0, 0.1) is 19.8 Å². The van der Waals surface area contributed by atoms with Gasteiger partial charge in [-0.05, 0) is 50.3 Å². The highest BCUT2D eigenvalue weighted by Gasteiger charge is 2.37. The molecule has 6 nitrogen and oxygen atoms in total. The van der Waals surface area contributed by atoms with Crippen LogP contribution in [0.2, 0.25) is 0 Å². The first-order valence-corrected chi connectivity index (χ1v) is 10.5. The van der Waals surface area contributed by atoms with Crippen molar-refractivity contribution < 1.29 is 4.79 Å². The predicted octanol–water partition coefficient (Wildman–Crippen LogP) is 3.31. The van der Waals surface area contributed by atoms with Crippen LogP contribution in [-0.2, 0) is 6.54 Å². The number of amides is 1.